The summed E-state index contributed by atoms with van der Waals surface area (Å²) in [6, 6.07) is 1.84. The van der Waals surface area contributed by atoms with Crippen LogP contribution in [0, 0.1) is 0 Å². The topological polar surface area (TPSA) is 39.4 Å². The first-order chi connectivity index (χ1) is 7.81. The molecule has 0 unspecified atom stereocenters. The summed E-state index contributed by atoms with van der Waals surface area (Å²) in [7, 11) is 0. The molecule has 0 spiro atoms. The van der Waals surface area contributed by atoms with Gasteiger partial charge in [-0.3, -0.25) is 0 Å². The van der Waals surface area contributed by atoms with Gasteiger partial charge < -0.3 is 9.15 Å². The molecule has 0 bridgehead atoms. The number of rotatable bonds is 3. The Kier molecular flexibility index (Phi) is 3.65. The van der Waals surface area contributed by atoms with Crippen molar-refractivity contribution in [2.45, 2.75) is 44.9 Å². The van der Waals surface area contributed by atoms with E-state index >= 15 is 0 Å². The zero-order valence-corrected chi connectivity index (χ0v) is 9.70. The third kappa shape index (κ3) is 2.46. The van der Waals surface area contributed by atoms with Crippen LogP contribution >= 0.6 is 0 Å². The van der Waals surface area contributed by atoms with E-state index in [1.807, 2.05) is 6.07 Å². The van der Waals surface area contributed by atoms with E-state index in [9.17, 15) is 4.79 Å². The summed E-state index contributed by atoms with van der Waals surface area (Å²) in [6.45, 7) is 2.21. The van der Waals surface area contributed by atoms with Gasteiger partial charge in [-0.2, -0.15) is 0 Å². The average Bonchev–Trinajstić information content (AvgIpc) is 2.80. The van der Waals surface area contributed by atoms with Gasteiger partial charge in [0.1, 0.15) is 12.0 Å². The first-order valence-electron chi connectivity index (χ1n) is 6.07. The average molecular weight is 222 g/mol. The predicted molar refractivity (Wildman–Crippen MR) is 60.5 cm³/mol. The molecule has 0 aliphatic heterocycles. The Morgan fingerprint density at radius 1 is 1.44 bits per heavy atom. The SMILES string of the molecule is CCOC(=O)c1coc(C2CCCCC2)c1. The van der Waals surface area contributed by atoms with Crippen LogP contribution in [0.1, 0.15) is 61.1 Å². The molecule has 88 valence electrons. The van der Waals surface area contributed by atoms with Crippen LogP contribution in [0.4, 0.5) is 0 Å². The van der Waals surface area contributed by atoms with E-state index in [0.717, 1.165) is 5.76 Å². The van der Waals surface area contributed by atoms with Crippen molar-refractivity contribution in [1.82, 2.24) is 0 Å². The number of furan rings is 1. The molecule has 3 heteroatoms. The van der Waals surface area contributed by atoms with E-state index < -0.39 is 0 Å². The van der Waals surface area contributed by atoms with Crippen molar-refractivity contribution in [2.75, 3.05) is 6.61 Å². The summed E-state index contributed by atoms with van der Waals surface area (Å²) in [5, 5.41) is 0. The van der Waals surface area contributed by atoms with E-state index in [2.05, 4.69) is 0 Å². The van der Waals surface area contributed by atoms with Crippen molar-refractivity contribution >= 4 is 5.97 Å². The lowest BCUT2D eigenvalue weighted by molar-refractivity contribution is 0.0525. The maximum Gasteiger partial charge on any atom is 0.341 e. The zero-order chi connectivity index (χ0) is 11.4. The summed E-state index contributed by atoms with van der Waals surface area (Å²) in [5.74, 6) is 1.16. The molecule has 0 saturated heterocycles. The van der Waals surface area contributed by atoms with Crippen LogP contribution in [0.15, 0.2) is 16.7 Å². The number of ether oxygens (including phenoxy) is 1. The summed E-state index contributed by atoms with van der Waals surface area (Å²) in [4.78, 5) is 11.5. The summed E-state index contributed by atoms with van der Waals surface area (Å²) < 4.78 is 10.4. The van der Waals surface area contributed by atoms with Crippen LogP contribution in [0.3, 0.4) is 0 Å². The summed E-state index contributed by atoms with van der Waals surface area (Å²) >= 11 is 0. The minimum Gasteiger partial charge on any atom is -0.468 e. The largest absolute Gasteiger partial charge is 0.468 e. The fourth-order valence-electron chi connectivity index (χ4n) is 2.28. The van der Waals surface area contributed by atoms with Gasteiger partial charge >= 0.3 is 5.97 Å². The smallest absolute Gasteiger partial charge is 0.341 e. The molecule has 0 radical (unpaired) electrons. The molecular weight excluding hydrogens is 204 g/mol. The maximum absolute atomic E-state index is 11.5. The monoisotopic (exact) mass is 222 g/mol. The molecule has 0 amide bonds. The minimum atomic E-state index is -0.284. The van der Waals surface area contributed by atoms with Crippen LogP contribution in [0.25, 0.3) is 0 Å². The molecule has 0 aromatic carbocycles. The van der Waals surface area contributed by atoms with Crippen molar-refractivity contribution < 1.29 is 13.9 Å². The normalized spacial score (nSPS) is 17.3. The maximum atomic E-state index is 11.5. The first-order valence-corrected chi connectivity index (χ1v) is 6.07. The molecule has 2 rings (SSSR count). The summed E-state index contributed by atoms with van der Waals surface area (Å²) in [6.07, 6.45) is 7.72. The predicted octanol–water partition coefficient (Wildman–Crippen LogP) is 3.50. The minimum absolute atomic E-state index is 0.284. The number of hydrogen-bond donors (Lipinski definition) is 0. The van der Waals surface area contributed by atoms with Crippen LogP contribution in [-0.2, 0) is 4.74 Å². The molecule has 1 aromatic rings. The van der Waals surface area contributed by atoms with Crippen LogP contribution < -0.4 is 0 Å². The highest BCUT2D eigenvalue weighted by Gasteiger charge is 2.20. The molecule has 1 aliphatic carbocycles. The van der Waals surface area contributed by atoms with Gasteiger partial charge in [0.15, 0.2) is 0 Å². The lowest BCUT2D eigenvalue weighted by Gasteiger charge is -2.18. The quantitative estimate of drug-likeness (QED) is 0.735. The molecule has 0 atom stereocenters. The van der Waals surface area contributed by atoms with Crippen molar-refractivity contribution in [3.05, 3.63) is 23.7 Å². The molecule has 1 fully saturated rings. The zero-order valence-electron chi connectivity index (χ0n) is 9.70. The third-order valence-corrected chi connectivity index (χ3v) is 3.14. The van der Waals surface area contributed by atoms with Crippen molar-refractivity contribution in [2.24, 2.45) is 0 Å². The Bertz CT molecular complexity index is 348. The van der Waals surface area contributed by atoms with Crippen LogP contribution in [-0.4, -0.2) is 12.6 Å². The number of carbonyl (C=O) groups is 1. The fraction of sp³-hybridized carbons (Fsp3) is 0.615. The molecule has 3 nitrogen and oxygen atoms in total. The van der Waals surface area contributed by atoms with Gasteiger partial charge in [-0.05, 0) is 25.8 Å². The van der Waals surface area contributed by atoms with Crippen molar-refractivity contribution in [1.29, 1.82) is 0 Å². The van der Waals surface area contributed by atoms with E-state index in [1.54, 1.807) is 6.92 Å². The molecule has 1 aliphatic rings. The first kappa shape index (κ1) is 11.2. The highest BCUT2D eigenvalue weighted by atomic mass is 16.5. The Labute approximate surface area is 95.8 Å². The third-order valence-electron chi connectivity index (χ3n) is 3.14. The van der Waals surface area contributed by atoms with Crippen molar-refractivity contribution in [3.63, 3.8) is 0 Å². The molecule has 1 heterocycles. The van der Waals surface area contributed by atoms with Gasteiger partial charge in [-0.1, -0.05) is 19.3 Å². The highest BCUT2D eigenvalue weighted by molar-refractivity contribution is 5.89. The standard InChI is InChI=1S/C13H18O3/c1-2-15-13(14)11-8-12(16-9-11)10-6-4-3-5-7-10/h8-10H,2-7H2,1H3. The van der Waals surface area contributed by atoms with Gasteiger partial charge in [0.2, 0.25) is 0 Å². The second-order valence-corrected chi connectivity index (χ2v) is 4.29. The Balaban J connectivity index is 2.03. The van der Waals surface area contributed by atoms with E-state index in [1.165, 1.54) is 38.4 Å². The molecule has 1 saturated carbocycles. The summed E-state index contributed by atoms with van der Waals surface area (Å²) in [5.41, 5.74) is 0.544. The van der Waals surface area contributed by atoms with Gasteiger partial charge in [-0.15, -0.1) is 0 Å². The van der Waals surface area contributed by atoms with Gasteiger partial charge in [0, 0.05) is 5.92 Å². The van der Waals surface area contributed by atoms with Gasteiger partial charge in [-0.25, -0.2) is 4.79 Å². The number of carbonyl (C=O) groups excluding carboxylic acids is 1. The van der Waals surface area contributed by atoms with Crippen molar-refractivity contribution in [3.8, 4) is 0 Å². The second-order valence-electron chi connectivity index (χ2n) is 4.29. The lowest BCUT2D eigenvalue weighted by atomic mass is 9.87. The second kappa shape index (κ2) is 5.19. The molecular formula is C13H18O3. The number of hydrogen-bond acceptors (Lipinski definition) is 3. The fourth-order valence-corrected chi connectivity index (χ4v) is 2.28. The highest BCUT2D eigenvalue weighted by Crippen LogP contribution is 2.33. The Morgan fingerprint density at radius 2 is 2.19 bits per heavy atom. The molecule has 16 heavy (non-hydrogen) atoms. The lowest BCUT2D eigenvalue weighted by Crippen LogP contribution is -2.04. The van der Waals surface area contributed by atoms with Crippen LogP contribution in [0.2, 0.25) is 0 Å². The molecule has 0 N–H and O–H groups in total. The van der Waals surface area contributed by atoms with E-state index in [-0.39, 0.29) is 5.97 Å². The van der Waals surface area contributed by atoms with Crippen LogP contribution in [0.5, 0.6) is 0 Å². The van der Waals surface area contributed by atoms with E-state index in [4.69, 9.17) is 9.15 Å². The molecule has 1 aromatic heterocycles. The van der Waals surface area contributed by atoms with Gasteiger partial charge in [0.25, 0.3) is 0 Å². The van der Waals surface area contributed by atoms with E-state index in [0.29, 0.717) is 18.1 Å². The number of esters is 1. The Morgan fingerprint density at radius 3 is 2.88 bits per heavy atom. The Hall–Kier alpha value is -1.25. The van der Waals surface area contributed by atoms with Gasteiger partial charge in [0.05, 0.1) is 12.2 Å².